The molecule has 2 aromatic rings. The highest BCUT2D eigenvalue weighted by molar-refractivity contribution is 7.92. The van der Waals surface area contributed by atoms with Gasteiger partial charge in [0.15, 0.2) is 5.82 Å². The predicted molar refractivity (Wildman–Crippen MR) is 90.9 cm³/mol. The van der Waals surface area contributed by atoms with Gasteiger partial charge in [-0.05, 0) is 36.5 Å². The summed E-state index contributed by atoms with van der Waals surface area (Å²) in [6.45, 7) is 6.26. The molecule has 0 unspecified atom stereocenters. The third-order valence-electron chi connectivity index (χ3n) is 3.46. The number of aromatic nitrogens is 1. The zero-order valence-corrected chi connectivity index (χ0v) is 14.7. The topological polar surface area (TPSA) is 72.2 Å². The minimum absolute atomic E-state index is 0.218. The van der Waals surface area contributed by atoms with Crippen molar-refractivity contribution < 1.29 is 12.9 Å². The van der Waals surface area contributed by atoms with Gasteiger partial charge in [0.25, 0.3) is 10.0 Å². The first-order chi connectivity index (χ1) is 10.9. The summed E-state index contributed by atoms with van der Waals surface area (Å²) in [6, 6.07) is 8.60. The molecule has 0 saturated carbocycles. The Bertz CT molecular complexity index is 719. The van der Waals surface area contributed by atoms with Crippen molar-refractivity contribution in [3.63, 3.8) is 0 Å². The number of nitrogens with one attached hydrogen (secondary N) is 1. The van der Waals surface area contributed by atoms with E-state index in [-0.39, 0.29) is 10.7 Å². The van der Waals surface area contributed by atoms with Crippen molar-refractivity contribution in [1.82, 2.24) is 5.16 Å². The second-order valence-corrected chi connectivity index (χ2v) is 7.81. The number of benzene rings is 1. The predicted octanol–water partition coefficient (Wildman–Crippen LogP) is 4.02. The molecule has 126 valence electrons. The lowest BCUT2D eigenvalue weighted by molar-refractivity contribution is 0.371. The monoisotopic (exact) mass is 336 g/mol. The van der Waals surface area contributed by atoms with Crippen molar-refractivity contribution >= 4 is 15.8 Å². The SMILES string of the molecule is CCCCc1ccc(S(=O)(=O)Nc2cc(CC(C)C)on2)cc1. The summed E-state index contributed by atoms with van der Waals surface area (Å²) in [5.74, 6) is 1.31. The fourth-order valence-corrected chi connectivity index (χ4v) is 3.26. The molecular weight excluding hydrogens is 312 g/mol. The maximum Gasteiger partial charge on any atom is 0.263 e. The fraction of sp³-hybridized carbons (Fsp3) is 0.471. The fourth-order valence-electron chi connectivity index (χ4n) is 2.27. The Morgan fingerprint density at radius 2 is 1.91 bits per heavy atom. The van der Waals surface area contributed by atoms with Crippen LogP contribution in [0.1, 0.15) is 44.9 Å². The van der Waals surface area contributed by atoms with Crippen molar-refractivity contribution in [2.45, 2.75) is 51.3 Å². The Hall–Kier alpha value is -1.82. The van der Waals surface area contributed by atoms with E-state index in [1.165, 1.54) is 0 Å². The second kappa shape index (κ2) is 7.64. The van der Waals surface area contributed by atoms with Crippen LogP contribution in [0.15, 0.2) is 39.8 Å². The number of unbranched alkanes of at least 4 members (excludes halogenated alkanes) is 1. The molecule has 1 aromatic carbocycles. The third kappa shape index (κ3) is 5.10. The summed E-state index contributed by atoms with van der Waals surface area (Å²) in [7, 11) is -3.64. The molecule has 1 heterocycles. The van der Waals surface area contributed by atoms with Gasteiger partial charge in [-0.2, -0.15) is 0 Å². The van der Waals surface area contributed by atoms with Crippen LogP contribution < -0.4 is 4.72 Å². The smallest absolute Gasteiger partial charge is 0.263 e. The van der Waals surface area contributed by atoms with E-state index in [1.807, 2.05) is 12.1 Å². The lowest BCUT2D eigenvalue weighted by atomic mass is 10.1. The molecule has 23 heavy (non-hydrogen) atoms. The number of rotatable bonds is 8. The molecular formula is C17H24N2O3S. The molecule has 6 heteroatoms. The molecule has 0 aliphatic heterocycles. The van der Waals surface area contributed by atoms with E-state index in [0.717, 1.165) is 31.2 Å². The minimum atomic E-state index is -3.64. The van der Waals surface area contributed by atoms with Gasteiger partial charge in [-0.25, -0.2) is 8.42 Å². The van der Waals surface area contributed by atoms with Gasteiger partial charge < -0.3 is 4.52 Å². The van der Waals surface area contributed by atoms with Gasteiger partial charge in [0.05, 0.1) is 4.90 Å². The van der Waals surface area contributed by atoms with Crippen molar-refractivity contribution in [1.29, 1.82) is 0 Å². The van der Waals surface area contributed by atoms with Gasteiger partial charge in [-0.1, -0.05) is 44.5 Å². The molecule has 0 spiro atoms. The molecule has 0 saturated heterocycles. The molecule has 0 radical (unpaired) electrons. The number of aryl methyl sites for hydroxylation is 1. The van der Waals surface area contributed by atoms with Crippen LogP contribution in [0.3, 0.4) is 0 Å². The van der Waals surface area contributed by atoms with E-state index >= 15 is 0 Å². The summed E-state index contributed by atoms with van der Waals surface area (Å²) in [5, 5.41) is 3.77. The highest BCUT2D eigenvalue weighted by atomic mass is 32.2. The van der Waals surface area contributed by atoms with Crippen LogP contribution in [0.2, 0.25) is 0 Å². The van der Waals surface area contributed by atoms with Crippen molar-refractivity contribution in [3.8, 4) is 0 Å². The molecule has 1 N–H and O–H groups in total. The Morgan fingerprint density at radius 3 is 2.52 bits per heavy atom. The summed E-state index contributed by atoms with van der Waals surface area (Å²) < 4.78 is 32.3. The quantitative estimate of drug-likeness (QED) is 0.790. The Kier molecular flexibility index (Phi) is 5.82. The van der Waals surface area contributed by atoms with Crippen LogP contribution >= 0.6 is 0 Å². The second-order valence-electron chi connectivity index (χ2n) is 6.13. The summed E-state index contributed by atoms with van der Waals surface area (Å²) in [5.41, 5.74) is 1.14. The summed E-state index contributed by atoms with van der Waals surface area (Å²) in [4.78, 5) is 0.228. The molecule has 0 aliphatic carbocycles. The van der Waals surface area contributed by atoms with Gasteiger partial charge in [0.1, 0.15) is 5.76 Å². The van der Waals surface area contributed by atoms with Crippen molar-refractivity contribution in [2.24, 2.45) is 5.92 Å². The third-order valence-corrected chi connectivity index (χ3v) is 4.83. The summed E-state index contributed by atoms with van der Waals surface area (Å²) >= 11 is 0. The zero-order chi connectivity index (χ0) is 16.9. The van der Waals surface area contributed by atoms with E-state index in [9.17, 15) is 8.42 Å². The van der Waals surface area contributed by atoms with Gasteiger partial charge >= 0.3 is 0 Å². The van der Waals surface area contributed by atoms with Gasteiger partial charge in [-0.3, -0.25) is 4.72 Å². The number of nitrogens with zero attached hydrogens (tertiary/aromatic N) is 1. The molecule has 2 rings (SSSR count). The van der Waals surface area contributed by atoms with Crippen LogP contribution in [0.25, 0.3) is 0 Å². The molecule has 0 atom stereocenters. The first-order valence-corrected chi connectivity index (χ1v) is 9.46. The first-order valence-electron chi connectivity index (χ1n) is 7.98. The van der Waals surface area contributed by atoms with Crippen molar-refractivity contribution in [2.75, 3.05) is 4.72 Å². The van der Waals surface area contributed by atoms with Crippen LogP contribution in [0, 0.1) is 5.92 Å². The van der Waals surface area contributed by atoms with E-state index in [4.69, 9.17) is 4.52 Å². The lowest BCUT2D eigenvalue weighted by Crippen LogP contribution is -2.13. The van der Waals surface area contributed by atoms with Crippen molar-refractivity contribution in [3.05, 3.63) is 41.7 Å². The van der Waals surface area contributed by atoms with Crippen LogP contribution in [-0.2, 0) is 22.9 Å². The number of sulfonamides is 1. The largest absolute Gasteiger partial charge is 0.359 e. The molecule has 0 fully saturated rings. The first kappa shape index (κ1) is 17.5. The molecule has 1 aromatic heterocycles. The van der Waals surface area contributed by atoms with Crippen LogP contribution in [0.5, 0.6) is 0 Å². The number of hydrogen-bond donors (Lipinski definition) is 1. The minimum Gasteiger partial charge on any atom is -0.359 e. The summed E-state index contributed by atoms with van der Waals surface area (Å²) in [6.07, 6.45) is 3.90. The van der Waals surface area contributed by atoms with E-state index in [1.54, 1.807) is 18.2 Å². The Balaban J connectivity index is 2.07. The number of hydrogen-bond acceptors (Lipinski definition) is 4. The Labute approximate surface area is 138 Å². The lowest BCUT2D eigenvalue weighted by Gasteiger charge is -2.06. The van der Waals surface area contributed by atoms with Gasteiger partial charge in [-0.15, -0.1) is 0 Å². The van der Waals surface area contributed by atoms with E-state index in [0.29, 0.717) is 11.7 Å². The van der Waals surface area contributed by atoms with Crippen LogP contribution in [-0.4, -0.2) is 13.6 Å². The molecule has 5 nitrogen and oxygen atoms in total. The van der Waals surface area contributed by atoms with Gasteiger partial charge in [0, 0.05) is 12.5 Å². The van der Waals surface area contributed by atoms with E-state index in [2.05, 4.69) is 30.6 Å². The Morgan fingerprint density at radius 1 is 1.22 bits per heavy atom. The highest BCUT2D eigenvalue weighted by Gasteiger charge is 2.17. The maximum atomic E-state index is 12.4. The molecule has 0 aliphatic rings. The number of anilines is 1. The average Bonchev–Trinajstić information content (AvgIpc) is 2.91. The molecule has 0 bridgehead atoms. The molecule has 0 amide bonds. The van der Waals surface area contributed by atoms with Gasteiger partial charge in [0.2, 0.25) is 0 Å². The zero-order valence-electron chi connectivity index (χ0n) is 13.9. The normalized spacial score (nSPS) is 11.8. The maximum absolute atomic E-state index is 12.4. The average molecular weight is 336 g/mol. The highest BCUT2D eigenvalue weighted by Crippen LogP contribution is 2.18. The van der Waals surface area contributed by atoms with Crippen LogP contribution in [0.4, 0.5) is 5.82 Å². The van der Waals surface area contributed by atoms with E-state index < -0.39 is 10.0 Å². The standard InChI is InChI=1S/C17H24N2O3S/c1-4-5-6-14-7-9-16(10-8-14)23(20,21)19-17-12-15(22-18-17)11-13(2)3/h7-10,12-13H,4-6,11H2,1-3H3,(H,18,19).